The molecule has 1 aromatic heterocycles. The quantitative estimate of drug-likeness (QED) is 0.345. The number of aryl methyl sites for hydroxylation is 3. The molecule has 2 N–H and O–H groups in total. The molecule has 0 aliphatic rings. The molecule has 0 unspecified atom stereocenters. The number of primary amides is 1. The lowest BCUT2D eigenvalue weighted by molar-refractivity contribution is -0.158. The zero-order valence-electron chi connectivity index (χ0n) is 23.2. The zero-order valence-corrected chi connectivity index (χ0v) is 23.2. The van der Waals surface area contributed by atoms with Crippen molar-refractivity contribution in [2.75, 3.05) is 20.3 Å². The van der Waals surface area contributed by atoms with E-state index in [0.29, 0.717) is 41.9 Å². The van der Waals surface area contributed by atoms with Crippen LogP contribution >= 0.6 is 0 Å². The van der Waals surface area contributed by atoms with Crippen LogP contribution in [0.3, 0.4) is 0 Å². The van der Waals surface area contributed by atoms with Gasteiger partial charge in [-0.25, -0.2) is 9.78 Å². The summed E-state index contributed by atoms with van der Waals surface area (Å²) in [5, 5.41) is 0. The molecule has 1 amide bonds. The predicted molar refractivity (Wildman–Crippen MR) is 144 cm³/mol. The van der Waals surface area contributed by atoms with E-state index >= 15 is 0 Å². The molecule has 0 bridgehead atoms. The minimum atomic E-state index is -1.13. The maximum atomic E-state index is 12.3. The number of nitrogens with two attached hydrogens (primary N) is 1. The fourth-order valence-electron chi connectivity index (χ4n) is 4.21. The number of hydrogen-bond acceptors (Lipinski definition) is 8. The summed E-state index contributed by atoms with van der Waals surface area (Å²) in [7, 11) is 1.61. The first-order valence-electron chi connectivity index (χ1n) is 12.5. The van der Waals surface area contributed by atoms with Crippen LogP contribution in [0, 0.1) is 20.8 Å². The van der Waals surface area contributed by atoms with Gasteiger partial charge in [0.25, 0.3) is 0 Å². The molecule has 3 aromatic rings. The van der Waals surface area contributed by atoms with Crippen molar-refractivity contribution in [3.8, 4) is 23.0 Å². The van der Waals surface area contributed by atoms with E-state index < -0.39 is 17.5 Å². The molecule has 0 saturated carbocycles. The highest BCUT2D eigenvalue weighted by atomic mass is 16.6. The van der Waals surface area contributed by atoms with Gasteiger partial charge in [-0.15, -0.1) is 0 Å². The second-order valence-corrected chi connectivity index (χ2v) is 9.76. The van der Waals surface area contributed by atoms with Crippen LogP contribution in [0.25, 0.3) is 11.5 Å². The summed E-state index contributed by atoms with van der Waals surface area (Å²) in [4.78, 5) is 30.8. The van der Waals surface area contributed by atoms with Crippen LogP contribution in [-0.2, 0) is 27.4 Å². The van der Waals surface area contributed by atoms with Crippen LogP contribution in [0.5, 0.6) is 11.5 Å². The summed E-state index contributed by atoms with van der Waals surface area (Å²) in [6.45, 7) is 12.0. The van der Waals surface area contributed by atoms with E-state index in [-0.39, 0.29) is 13.2 Å². The Hall–Kier alpha value is -3.85. The first kappa shape index (κ1) is 28.7. The monoisotopic (exact) mass is 523 g/mol. The molecular formula is C29H37N3O6. The Morgan fingerprint density at radius 2 is 1.76 bits per heavy atom. The van der Waals surface area contributed by atoms with Gasteiger partial charge in [-0.2, -0.15) is 0 Å². The van der Waals surface area contributed by atoms with Gasteiger partial charge < -0.3 is 24.4 Å². The molecule has 204 valence electrons. The second kappa shape index (κ2) is 12.1. The Bertz CT molecular complexity index is 1270. The van der Waals surface area contributed by atoms with E-state index in [2.05, 4.69) is 4.98 Å². The molecule has 0 spiro atoms. The van der Waals surface area contributed by atoms with E-state index in [0.717, 1.165) is 22.3 Å². The summed E-state index contributed by atoms with van der Waals surface area (Å²) in [5.41, 5.74) is 8.67. The molecule has 0 aliphatic carbocycles. The molecule has 0 fully saturated rings. The normalized spacial score (nSPS) is 11.5. The third-order valence-corrected chi connectivity index (χ3v) is 6.01. The van der Waals surface area contributed by atoms with Gasteiger partial charge in [-0.05, 0) is 76.4 Å². The summed E-state index contributed by atoms with van der Waals surface area (Å²) in [6, 6.07) is 11.4. The minimum Gasteiger partial charge on any atom is -0.497 e. The third kappa shape index (κ3) is 7.13. The maximum Gasteiger partial charge on any atom is 0.349 e. The zero-order chi connectivity index (χ0) is 28.0. The van der Waals surface area contributed by atoms with Crippen LogP contribution in [0.15, 0.2) is 40.8 Å². The summed E-state index contributed by atoms with van der Waals surface area (Å²) in [5.74, 6) is 1.61. The Kier molecular flexibility index (Phi) is 9.17. The van der Waals surface area contributed by atoms with E-state index in [9.17, 15) is 9.59 Å². The Balaban J connectivity index is 1.82. The van der Waals surface area contributed by atoms with Gasteiger partial charge in [0.2, 0.25) is 11.8 Å². The lowest BCUT2D eigenvalue weighted by atomic mass is 10.0. The van der Waals surface area contributed by atoms with Crippen LogP contribution in [-0.4, -0.2) is 47.6 Å². The molecule has 9 heteroatoms. The highest BCUT2D eigenvalue weighted by Gasteiger charge is 2.32. The SMILES string of the molecule is CCOC(=O)C(C)(C)Oc1c(C)cc(CN(CC(N)=O)Cc2nc(-c3cccc(OC)c3)oc2C)cc1C. The van der Waals surface area contributed by atoms with Gasteiger partial charge in [0.15, 0.2) is 5.60 Å². The van der Waals surface area contributed by atoms with Crippen molar-refractivity contribution in [3.05, 3.63) is 64.5 Å². The van der Waals surface area contributed by atoms with Gasteiger partial charge in [0.1, 0.15) is 17.3 Å². The third-order valence-electron chi connectivity index (χ3n) is 6.01. The van der Waals surface area contributed by atoms with Gasteiger partial charge in [-0.1, -0.05) is 18.2 Å². The molecule has 0 radical (unpaired) electrons. The van der Waals surface area contributed by atoms with Crippen molar-refractivity contribution in [1.82, 2.24) is 9.88 Å². The van der Waals surface area contributed by atoms with Crippen molar-refractivity contribution in [2.45, 2.75) is 60.2 Å². The standard InChI is InChI=1S/C29H37N3O6/c1-8-36-28(34)29(5,6)38-26-18(2)12-21(13-19(26)3)15-32(17-25(30)33)16-24-20(4)37-27(31-24)22-10-9-11-23(14-22)35-7/h9-14H,8,15-17H2,1-7H3,(H2,30,33). The van der Waals surface area contributed by atoms with Crippen molar-refractivity contribution in [3.63, 3.8) is 0 Å². The van der Waals surface area contributed by atoms with Crippen molar-refractivity contribution >= 4 is 11.9 Å². The molecule has 9 nitrogen and oxygen atoms in total. The molecule has 0 saturated heterocycles. The molecule has 0 atom stereocenters. The Morgan fingerprint density at radius 1 is 1.08 bits per heavy atom. The average Bonchev–Trinajstić information content (AvgIpc) is 3.21. The van der Waals surface area contributed by atoms with Crippen molar-refractivity contribution < 1.29 is 28.2 Å². The first-order chi connectivity index (χ1) is 17.9. The summed E-state index contributed by atoms with van der Waals surface area (Å²) < 4.78 is 22.5. The number of nitrogens with zero attached hydrogens (tertiary/aromatic N) is 2. The number of hydrogen-bond donors (Lipinski definition) is 1. The van der Waals surface area contributed by atoms with E-state index in [1.807, 2.05) is 62.1 Å². The first-order valence-corrected chi connectivity index (χ1v) is 12.5. The number of ether oxygens (including phenoxy) is 3. The smallest absolute Gasteiger partial charge is 0.349 e. The topological polar surface area (TPSA) is 117 Å². The highest BCUT2D eigenvalue weighted by molar-refractivity contribution is 5.79. The fourth-order valence-corrected chi connectivity index (χ4v) is 4.21. The van der Waals surface area contributed by atoms with Crippen LogP contribution in [0.4, 0.5) is 0 Å². The molecule has 2 aromatic carbocycles. The van der Waals surface area contributed by atoms with Crippen molar-refractivity contribution in [1.29, 1.82) is 0 Å². The van der Waals surface area contributed by atoms with Crippen molar-refractivity contribution in [2.24, 2.45) is 5.73 Å². The summed E-state index contributed by atoms with van der Waals surface area (Å²) in [6.07, 6.45) is 0. The highest BCUT2D eigenvalue weighted by Crippen LogP contribution is 2.30. The largest absolute Gasteiger partial charge is 0.497 e. The van der Waals surface area contributed by atoms with E-state index in [1.54, 1.807) is 27.9 Å². The predicted octanol–water partition coefficient (Wildman–Crippen LogP) is 4.48. The second-order valence-electron chi connectivity index (χ2n) is 9.76. The number of amides is 1. The fraction of sp³-hybridized carbons (Fsp3) is 0.414. The minimum absolute atomic E-state index is 0.0486. The number of esters is 1. The van der Waals surface area contributed by atoms with E-state index in [4.69, 9.17) is 24.4 Å². The molecular weight excluding hydrogens is 486 g/mol. The molecule has 38 heavy (non-hydrogen) atoms. The van der Waals surface area contributed by atoms with Crippen LogP contribution < -0.4 is 15.2 Å². The lowest BCUT2D eigenvalue weighted by Gasteiger charge is -2.27. The number of benzene rings is 2. The van der Waals surface area contributed by atoms with Crippen LogP contribution in [0.1, 0.15) is 48.9 Å². The molecule has 0 aliphatic heterocycles. The van der Waals surface area contributed by atoms with Gasteiger partial charge in [-0.3, -0.25) is 9.69 Å². The number of methoxy groups -OCH3 is 1. The van der Waals surface area contributed by atoms with E-state index in [1.165, 1.54) is 0 Å². The van der Waals surface area contributed by atoms with Crippen LogP contribution in [0.2, 0.25) is 0 Å². The van der Waals surface area contributed by atoms with Gasteiger partial charge in [0, 0.05) is 18.7 Å². The van der Waals surface area contributed by atoms with Gasteiger partial charge >= 0.3 is 5.97 Å². The maximum absolute atomic E-state index is 12.3. The molecule has 1 heterocycles. The van der Waals surface area contributed by atoms with Gasteiger partial charge in [0.05, 0.1) is 26.0 Å². The average molecular weight is 524 g/mol. The number of rotatable bonds is 12. The number of carbonyl (C=O) groups is 2. The lowest BCUT2D eigenvalue weighted by Crippen LogP contribution is -2.40. The molecule has 3 rings (SSSR count). The number of carbonyl (C=O) groups excluding carboxylic acids is 2. The Labute approximate surface area is 223 Å². The summed E-state index contributed by atoms with van der Waals surface area (Å²) >= 11 is 0. The number of aromatic nitrogens is 1. The Morgan fingerprint density at radius 3 is 2.37 bits per heavy atom. The number of oxazole rings is 1.